The molecule has 0 aromatic heterocycles. The highest BCUT2D eigenvalue weighted by molar-refractivity contribution is 5.81. The van der Waals surface area contributed by atoms with Crippen molar-refractivity contribution in [3.8, 4) is 0 Å². The molecule has 1 atom stereocenters. The Kier molecular flexibility index (Phi) is 6.52. The Bertz CT molecular complexity index is 227. The van der Waals surface area contributed by atoms with E-state index in [0.717, 1.165) is 25.7 Å². The molecule has 1 saturated carbocycles. The van der Waals surface area contributed by atoms with Gasteiger partial charge in [-0.05, 0) is 19.3 Å². The first-order valence-electron chi connectivity index (χ1n) is 6.87. The molecule has 0 aliphatic heterocycles. The topological polar surface area (TPSA) is 66.6 Å². The van der Waals surface area contributed by atoms with E-state index in [2.05, 4.69) is 0 Å². The maximum atomic E-state index is 12.2. The summed E-state index contributed by atoms with van der Waals surface area (Å²) in [6.07, 6.45) is 7.40. The van der Waals surface area contributed by atoms with Crippen LogP contribution in [-0.2, 0) is 4.79 Å². The summed E-state index contributed by atoms with van der Waals surface area (Å²) in [4.78, 5) is 14.0. The third-order valence-corrected chi connectivity index (χ3v) is 3.56. The molecule has 1 aliphatic carbocycles. The summed E-state index contributed by atoms with van der Waals surface area (Å²) in [5.41, 5.74) is 5.89. The minimum absolute atomic E-state index is 0.0211. The average molecular weight is 242 g/mol. The summed E-state index contributed by atoms with van der Waals surface area (Å²) >= 11 is 0. The van der Waals surface area contributed by atoms with E-state index >= 15 is 0 Å². The van der Waals surface area contributed by atoms with Crippen molar-refractivity contribution in [1.82, 2.24) is 4.90 Å². The van der Waals surface area contributed by atoms with Crippen LogP contribution in [0.15, 0.2) is 0 Å². The highest BCUT2D eigenvalue weighted by Crippen LogP contribution is 2.23. The Morgan fingerprint density at radius 2 is 2.06 bits per heavy atom. The summed E-state index contributed by atoms with van der Waals surface area (Å²) in [5, 5.41) is 9.09. The fourth-order valence-electron chi connectivity index (χ4n) is 2.62. The molecule has 3 N–H and O–H groups in total. The van der Waals surface area contributed by atoms with Crippen LogP contribution in [0.1, 0.15) is 51.9 Å². The van der Waals surface area contributed by atoms with Crippen LogP contribution in [0, 0.1) is 0 Å². The number of hydrogen-bond acceptors (Lipinski definition) is 3. The van der Waals surface area contributed by atoms with E-state index in [1.54, 1.807) is 0 Å². The second kappa shape index (κ2) is 7.67. The summed E-state index contributed by atoms with van der Waals surface area (Å²) in [5.74, 6) is 0.0211. The molecule has 1 aliphatic rings. The van der Waals surface area contributed by atoms with Gasteiger partial charge in [0.05, 0.1) is 12.6 Å². The van der Waals surface area contributed by atoms with Gasteiger partial charge in [0.15, 0.2) is 0 Å². The molecule has 0 aromatic rings. The van der Waals surface area contributed by atoms with Crippen molar-refractivity contribution < 1.29 is 9.90 Å². The van der Waals surface area contributed by atoms with Gasteiger partial charge in [-0.15, -0.1) is 0 Å². The van der Waals surface area contributed by atoms with E-state index in [4.69, 9.17) is 10.8 Å². The smallest absolute Gasteiger partial charge is 0.239 e. The number of aliphatic hydroxyl groups is 1. The number of nitrogens with two attached hydrogens (primary N) is 1. The number of aliphatic hydroxyl groups excluding tert-OH is 1. The Balaban J connectivity index is 2.59. The number of hydrogen-bond donors (Lipinski definition) is 2. The molecule has 1 fully saturated rings. The largest absolute Gasteiger partial charge is 0.395 e. The molecule has 0 radical (unpaired) electrons. The van der Waals surface area contributed by atoms with Crippen LogP contribution in [0.2, 0.25) is 0 Å². The average Bonchev–Trinajstić information content (AvgIpc) is 2.36. The molecule has 0 saturated heterocycles. The predicted octanol–water partition coefficient (Wildman–Crippen LogP) is 1.27. The first kappa shape index (κ1) is 14.5. The molecule has 0 spiro atoms. The number of amides is 1. The van der Waals surface area contributed by atoms with Gasteiger partial charge in [0.25, 0.3) is 0 Å². The van der Waals surface area contributed by atoms with Crippen molar-refractivity contribution in [1.29, 1.82) is 0 Å². The van der Waals surface area contributed by atoms with Crippen molar-refractivity contribution in [3.63, 3.8) is 0 Å². The van der Waals surface area contributed by atoms with Crippen LogP contribution in [0.5, 0.6) is 0 Å². The third-order valence-electron chi connectivity index (χ3n) is 3.56. The van der Waals surface area contributed by atoms with Crippen LogP contribution >= 0.6 is 0 Å². The van der Waals surface area contributed by atoms with Gasteiger partial charge in [-0.1, -0.05) is 32.6 Å². The SMILES string of the molecule is CCC[C@@H](N)C(=O)N(CCO)C1CCCCC1. The maximum Gasteiger partial charge on any atom is 0.239 e. The third kappa shape index (κ3) is 4.28. The number of rotatable bonds is 6. The van der Waals surface area contributed by atoms with Crippen LogP contribution in [-0.4, -0.2) is 41.1 Å². The monoisotopic (exact) mass is 242 g/mol. The van der Waals surface area contributed by atoms with Crippen molar-refractivity contribution in [2.75, 3.05) is 13.2 Å². The van der Waals surface area contributed by atoms with Gasteiger partial charge in [-0.25, -0.2) is 0 Å². The zero-order valence-electron chi connectivity index (χ0n) is 10.9. The molecule has 4 heteroatoms. The first-order chi connectivity index (χ1) is 8.20. The Morgan fingerprint density at radius 3 is 2.59 bits per heavy atom. The Hall–Kier alpha value is -0.610. The lowest BCUT2D eigenvalue weighted by atomic mass is 9.93. The number of nitrogens with zero attached hydrogens (tertiary/aromatic N) is 1. The van der Waals surface area contributed by atoms with Crippen LogP contribution in [0.25, 0.3) is 0 Å². The fraction of sp³-hybridized carbons (Fsp3) is 0.923. The lowest BCUT2D eigenvalue weighted by molar-refractivity contribution is -0.136. The molecule has 1 rings (SSSR count). The molecule has 4 nitrogen and oxygen atoms in total. The van der Waals surface area contributed by atoms with Crippen molar-refractivity contribution >= 4 is 5.91 Å². The van der Waals surface area contributed by atoms with Gasteiger partial charge in [0.1, 0.15) is 0 Å². The minimum Gasteiger partial charge on any atom is -0.395 e. The minimum atomic E-state index is -0.395. The molecular weight excluding hydrogens is 216 g/mol. The summed E-state index contributed by atoms with van der Waals surface area (Å²) in [6, 6.07) is -0.0974. The second-order valence-electron chi connectivity index (χ2n) is 4.94. The fourth-order valence-corrected chi connectivity index (χ4v) is 2.62. The van der Waals surface area contributed by atoms with Gasteiger partial charge in [-0.3, -0.25) is 4.79 Å². The quantitative estimate of drug-likeness (QED) is 0.737. The molecule has 100 valence electrons. The molecule has 0 bridgehead atoms. The summed E-state index contributed by atoms with van der Waals surface area (Å²) < 4.78 is 0. The van der Waals surface area contributed by atoms with E-state index in [0.29, 0.717) is 12.6 Å². The second-order valence-corrected chi connectivity index (χ2v) is 4.94. The standard InChI is InChI=1S/C13H26N2O2/c1-2-6-12(14)13(17)15(9-10-16)11-7-4-3-5-8-11/h11-12,16H,2-10,14H2,1H3/t12-/m1/s1. The molecular formula is C13H26N2O2. The van der Waals surface area contributed by atoms with Gasteiger partial charge < -0.3 is 15.7 Å². The lowest BCUT2D eigenvalue weighted by Crippen LogP contribution is -2.50. The van der Waals surface area contributed by atoms with Crippen molar-refractivity contribution in [2.24, 2.45) is 5.73 Å². The van der Waals surface area contributed by atoms with Crippen molar-refractivity contribution in [3.05, 3.63) is 0 Å². The van der Waals surface area contributed by atoms with Gasteiger partial charge >= 0.3 is 0 Å². The Morgan fingerprint density at radius 1 is 1.41 bits per heavy atom. The normalized spacial score (nSPS) is 19.0. The maximum absolute atomic E-state index is 12.2. The highest BCUT2D eigenvalue weighted by Gasteiger charge is 2.27. The van der Waals surface area contributed by atoms with Crippen LogP contribution in [0.4, 0.5) is 0 Å². The van der Waals surface area contributed by atoms with Crippen LogP contribution < -0.4 is 5.73 Å². The zero-order chi connectivity index (χ0) is 12.7. The number of carbonyl (C=O) groups is 1. The predicted molar refractivity (Wildman–Crippen MR) is 68.6 cm³/mol. The lowest BCUT2D eigenvalue weighted by Gasteiger charge is -2.35. The zero-order valence-corrected chi connectivity index (χ0v) is 10.9. The van der Waals surface area contributed by atoms with E-state index < -0.39 is 6.04 Å². The highest BCUT2D eigenvalue weighted by atomic mass is 16.3. The molecule has 0 aromatic carbocycles. The molecule has 17 heavy (non-hydrogen) atoms. The van der Waals surface area contributed by atoms with E-state index in [1.165, 1.54) is 19.3 Å². The van der Waals surface area contributed by atoms with Crippen LogP contribution in [0.3, 0.4) is 0 Å². The summed E-state index contributed by atoms with van der Waals surface area (Å²) in [7, 11) is 0. The van der Waals surface area contributed by atoms with E-state index in [-0.39, 0.29) is 12.5 Å². The molecule has 0 unspecified atom stereocenters. The van der Waals surface area contributed by atoms with Crippen molar-refractivity contribution in [2.45, 2.75) is 64.0 Å². The van der Waals surface area contributed by atoms with Gasteiger partial charge in [-0.2, -0.15) is 0 Å². The molecule has 1 amide bonds. The summed E-state index contributed by atoms with van der Waals surface area (Å²) in [6.45, 7) is 2.49. The van der Waals surface area contributed by atoms with Gasteiger partial charge in [0.2, 0.25) is 5.91 Å². The first-order valence-corrected chi connectivity index (χ1v) is 6.87. The van der Waals surface area contributed by atoms with E-state index in [9.17, 15) is 4.79 Å². The van der Waals surface area contributed by atoms with E-state index in [1.807, 2.05) is 11.8 Å². The molecule has 0 heterocycles. The van der Waals surface area contributed by atoms with Gasteiger partial charge in [0, 0.05) is 12.6 Å². The Labute approximate surface area is 104 Å². The number of carbonyl (C=O) groups excluding carboxylic acids is 1.